The highest BCUT2D eigenvalue weighted by Crippen LogP contribution is 2.37. The van der Waals surface area contributed by atoms with E-state index in [4.69, 9.17) is 14.2 Å². The molecule has 0 N–H and O–H groups in total. The molecule has 0 bridgehead atoms. The third-order valence-electron chi connectivity index (χ3n) is 3.17. The van der Waals surface area contributed by atoms with Gasteiger partial charge in [0.1, 0.15) is 22.7 Å². The van der Waals surface area contributed by atoms with Crippen molar-refractivity contribution >= 4 is 5.97 Å². The molecule has 0 amide bonds. The lowest BCUT2D eigenvalue weighted by atomic mass is 9.93. The van der Waals surface area contributed by atoms with Crippen LogP contribution in [-0.2, 0) is 11.2 Å². The van der Waals surface area contributed by atoms with Crippen LogP contribution < -0.4 is 9.47 Å². The van der Waals surface area contributed by atoms with Crippen LogP contribution in [0.15, 0.2) is 12.1 Å². The Kier molecular flexibility index (Phi) is 3.20. The van der Waals surface area contributed by atoms with Crippen LogP contribution in [0.4, 0.5) is 0 Å². The number of rotatable bonds is 2. The molecule has 1 aliphatic rings. The molecular formula is C14H18O4. The summed E-state index contributed by atoms with van der Waals surface area (Å²) in [5.41, 5.74) is 1.29. The number of hydrogen-bond acceptors (Lipinski definition) is 4. The SMILES string of the molecule is COC(=O)c1cc2c(cc1OC)OC(C)(C)CC2. The van der Waals surface area contributed by atoms with Crippen molar-refractivity contribution in [3.05, 3.63) is 23.3 Å². The molecule has 98 valence electrons. The van der Waals surface area contributed by atoms with Crippen molar-refractivity contribution in [2.24, 2.45) is 0 Å². The zero-order valence-electron chi connectivity index (χ0n) is 11.2. The van der Waals surface area contributed by atoms with Gasteiger partial charge in [0.05, 0.1) is 14.2 Å². The molecule has 0 spiro atoms. The minimum Gasteiger partial charge on any atom is -0.496 e. The van der Waals surface area contributed by atoms with E-state index in [1.807, 2.05) is 0 Å². The maximum Gasteiger partial charge on any atom is 0.341 e. The zero-order chi connectivity index (χ0) is 13.3. The van der Waals surface area contributed by atoms with Gasteiger partial charge in [-0.15, -0.1) is 0 Å². The van der Waals surface area contributed by atoms with Crippen LogP contribution in [0.3, 0.4) is 0 Å². The number of fused-ring (bicyclic) bond motifs is 1. The summed E-state index contributed by atoms with van der Waals surface area (Å²) in [6, 6.07) is 3.57. The third kappa shape index (κ3) is 2.28. The number of carbonyl (C=O) groups excluding carboxylic acids is 1. The molecule has 1 aromatic carbocycles. The van der Waals surface area contributed by atoms with Crippen LogP contribution >= 0.6 is 0 Å². The number of ether oxygens (including phenoxy) is 3. The Morgan fingerprint density at radius 3 is 2.67 bits per heavy atom. The smallest absolute Gasteiger partial charge is 0.341 e. The van der Waals surface area contributed by atoms with Crippen molar-refractivity contribution < 1.29 is 19.0 Å². The van der Waals surface area contributed by atoms with E-state index in [-0.39, 0.29) is 11.6 Å². The van der Waals surface area contributed by atoms with E-state index in [0.717, 1.165) is 24.2 Å². The Morgan fingerprint density at radius 1 is 1.33 bits per heavy atom. The second kappa shape index (κ2) is 4.52. The van der Waals surface area contributed by atoms with Gasteiger partial charge in [-0.05, 0) is 38.3 Å². The third-order valence-corrected chi connectivity index (χ3v) is 3.17. The molecule has 0 saturated carbocycles. The summed E-state index contributed by atoms with van der Waals surface area (Å²) < 4.78 is 15.9. The number of methoxy groups -OCH3 is 2. The molecule has 0 aromatic heterocycles. The Bertz CT molecular complexity index is 477. The molecule has 1 aliphatic heterocycles. The average molecular weight is 250 g/mol. The number of esters is 1. The summed E-state index contributed by atoms with van der Waals surface area (Å²) in [6.07, 6.45) is 1.81. The maximum atomic E-state index is 11.7. The lowest BCUT2D eigenvalue weighted by Crippen LogP contribution is -2.32. The van der Waals surface area contributed by atoms with Crippen LogP contribution in [-0.4, -0.2) is 25.8 Å². The molecule has 0 atom stereocenters. The molecule has 0 saturated heterocycles. The molecule has 2 rings (SSSR count). The Hall–Kier alpha value is -1.71. The first-order valence-electron chi connectivity index (χ1n) is 5.95. The fourth-order valence-corrected chi connectivity index (χ4v) is 2.12. The van der Waals surface area contributed by atoms with Crippen molar-refractivity contribution in [3.8, 4) is 11.5 Å². The Balaban J connectivity index is 2.46. The monoisotopic (exact) mass is 250 g/mol. The quantitative estimate of drug-likeness (QED) is 0.757. The van der Waals surface area contributed by atoms with Gasteiger partial charge < -0.3 is 14.2 Å². The first kappa shape index (κ1) is 12.7. The van der Waals surface area contributed by atoms with Crippen molar-refractivity contribution in [1.82, 2.24) is 0 Å². The topological polar surface area (TPSA) is 44.8 Å². The summed E-state index contributed by atoms with van der Waals surface area (Å²) in [4.78, 5) is 11.7. The van der Waals surface area contributed by atoms with Gasteiger partial charge in [-0.1, -0.05) is 0 Å². The second-order valence-corrected chi connectivity index (χ2v) is 5.01. The Labute approximate surface area is 107 Å². The molecule has 0 unspecified atom stereocenters. The summed E-state index contributed by atoms with van der Waals surface area (Å²) in [6.45, 7) is 4.10. The molecular weight excluding hydrogens is 232 g/mol. The molecule has 0 fully saturated rings. The van der Waals surface area contributed by atoms with E-state index in [0.29, 0.717) is 11.3 Å². The van der Waals surface area contributed by atoms with Gasteiger partial charge in [0.25, 0.3) is 0 Å². The highest BCUT2D eigenvalue weighted by molar-refractivity contribution is 5.93. The summed E-state index contributed by atoms with van der Waals surface area (Å²) in [7, 11) is 2.89. The summed E-state index contributed by atoms with van der Waals surface area (Å²) in [5.74, 6) is 0.883. The van der Waals surface area contributed by atoms with Crippen molar-refractivity contribution in [3.63, 3.8) is 0 Å². The van der Waals surface area contributed by atoms with E-state index < -0.39 is 0 Å². The largest absolute Gasteiger partial charge is 0.496 e. The first-order chi connectivity index (χ1) is 8.46. The summed E-state index contributed by atoms with van der Waals surface area (Å²) >= 11 is 0. The van der Waals surface area contributed by atoms with Gasteiger partial charge in [0, 0.05) is 6.07 Å². The molecule has 1 aromatic rings. The van der Waals surface area contributed by atoms with Crippen LogP contribution in [0, 0.1) is 0 Å². The minimum atomic E-state index is -0.389. The predicted molar refractivity (Wildman–Crippen MR) is 67.4 cm³/mol. The fraction of sp³-hybridized carbons (Fsp3) is 0.500. The number of carbonyl (C=O) groups is 1. The highest BCUT2D eigenvalue weighted by atomic mass is 16.5. The van der Waals surface area contributed by atoms with Gasteiger partial charge in [-0.2, -0.15) is 0 Å². The van der Waals surface area contributed by atoms with Crippen LogP contribution in [0.5, 0.6) is 11.5 Å². The molecule has 4 nitrogen and oxygen atoms in total. The molecule has 1 heterocycles. The minimum absolute atomic E-state index is 0.176. The van der Waals surface area contributed by atoms with Crippen LogP contribution in [0.2, 0.25) is 0 Å². The predicted octanol–water partition coefficient (Wildman–Crippen LogP) is 2.59. The Morgan fingerprint density at radius 2 is 2.06 bits per heavy atom. The molecule has 0 aliphatic carbocycles. The van der Waals surface area contributed by atoms with E-state index in [1.165, 1.54) is 14.2 Å². The van der Waals surface area contributed by atoms with Gasteiger partial charge in [-0.25, -0.2) is 4.79 Å². The van der Waals surface area contributed by atoms with Gasteiger partial charge in [-0.3, -0.25) is 0 Å². The zero-order valence-corrected chi connectivity index (χ0v) is 11.2. The lowest BCUT2D eigenvalue weighted by Gasteiger charge is -2.33. The van der Waals surface area contributed by atoms with Gasteiger partial charge >= 0.3 is 5.97 Å². The average Bonchev–Trinajstić information content (AvgIpc) is 2.35. The number of hydrogen-bond donors (Lipinski definition) is 0. The normalized spacial score (nSPS) is 16.4. The lowest BCUT2D eigenvalue weighted by molar-refractivity contribution is 0.0595. The standard InChI is InChI=1S/C14H18O4/c1-14(2)6-5-9-7-10(13(15)17-4)12(16-3)8-11(9)18-14/h7-8H,5-6H2,1-4H3. The van der Waals surface area contributed by atoms with E-state index >= 15 is 0 Å². The number of benzene rings is 1. The van der Waals surface area contributed by atoms with E-state index in [1.54, 1.807) is 12.1 Å². The van der Waals surface area contributed by atoms with E-state index in [2.05, 4.69) is 13.8 Å². The second-order valence-electron chi connectivity index (χ2n) is 5.01. The number of aryl methyl sites for hydroxylation is 1. The van der Waals surface area contributed by atoms with Crippen molar-refractivity contribution in [1.29, 1.82) is 0 Å². The van der Waals surface area contributed by atoms with Gasteiger partial charge in [0.2, 0.25) is 0 Å². The van der Waals surface area contributed by atoms with Crippen LogP contribution in [0.1, 0.15) is 36.2 Å². The molecule has 18 heavy (non-hydrogen) atoms. The first-order valence-corrected chi connectivity index (χ1v) is 5.95. The summed E-state index contributed by atoms with van der Waals surface area (Å²) in [5, 5.41) is 0. The molecule has 0 radical (unpaired) electrons. The van der Waals surface area contributed by atoms with E-state index in [9.17, 15) is 4.79 Å². The molecule has 4 heteroatoms. The fourth-order valence-electron chi connectivity index (χ4n) is 2.12. The maximum absolute atomic E-state index is 11.7. The highest BCUT2D eigenvalue weighted by Gasteiger charge is 2.28. The van der Waals surface area contributed by atoms with Crippen LogP contribution in [0.25, 0.3) is 0 Å². The van der Waals surface area contributed by atoms with Crippen molar-refractivity contribution in [2.75, 3.05) is 14.2 Å². The van der Waals surface area contributed by atoms with Gasteiger partial charge in [0.15, 0.2) is 0 Å². The van der Waals surface area contributed by atoms with Crippen molar-refractivity contribution in [2.45, 2.75) is 32.3 Å².